The number of benzene rings is 2. The zero-order valence-corrected chi connectivity index (χ0v) is 18.6. The van der Waals surface area contributed by atoms with Crippen LogP contribution in [-0.2, 0) is 14.3 Å². The fourth-order valence-electron chi connectivity index (χ4n) is 3.68. The molecule has 1 aliphatic rings. The minimum atomic E-state index is -1.80. The van der Waals surface area contributed by atoms with E-state index in [1.807, 2.05) is 0 Å². The van der Waals surface area contributed by atoms with Gasteiger partial charge in [-0.2, -0.15) is 0 Å². The molecule has 0 aliphatic carbocycles. The number of carbonyl (C=O) groups is 1. The van der Waals surface area contributed by atoms with E-state index in [0.29, 0.717) is 0 Å². The van der Waals surface area contributed by atoms with Gasteiger partial charge in [0.15, 0.2) is 17.2 Å². The molecule has 0 spiro atoms. The summed E-state index contributed by atoms with van der Waals surface area (Å²) in [7, 11) is 0. The van der Waals surface area contributed by atoms with E-state index in [0.717, 1.165) is 25.1 Å². The van der Waals surface area contributed by atoms with Crippen molar-refractivity contribution in [3.05, 3.63) is 30.3 Å². The van der Waals surface area contributed by atoms with Crippen LogP contribution in [-0.4, -0.2) is 84.1 Å². The number of phenolic OH excluding ortho intramolecular Hbond substituents is 5. The van der Waals surface area contributed by atoms with E-state index in [1.165, 1.54) is 12.1 Å². The van der Waals surface area contributed by atoms with Crippen molar-refractivity contribution in [3.63, 3.8) is 0 Å². The number of hydrogen-bond donors (Lipinski definition) is 8. The van der Waals surface area contributed by atoms with Crippen molar-refractivity contribution in [1.82, 2.24) is 0 Å². The van der Waals surface area contributed by atoms with Crippen molar-refractivity contribution in [3.8, 4) is 45.8 Å². The summed E-state index contributed by atoms with van der Waals surface area (Å²) in [6, 6.07) is 5.48. The van der Waals surface area contributed by atoms with Gasteiger partial charge in [-0.05, 0) is 0 Å². The normalized spacial score (nSPS) is 23.9. The number of carbonyl (C=O) groups excluding carboxylic acids is 1. The SMILES string of the molecule is CC(=O)OC[C@H]1O[C@@H](Oc2cc3c(O)cc(O)cc3[o+]c2-c2cc(O)c(O)c(O)c2)[C@H](O)[C@@H](O)[C@@H]1O. The average molecular weight is 507 g/mol. The molecule has 0 saturated carbocycles. The predicted molar refractivity (Wildman–Crippen MR) is 118 cm³/mol. The molecule has 2 aromatic carbocycles. The molecular weight excluding hydrogens is 484 g/mol. The van der Waals surface area contributed by atoms with Crippen LogP contribution in [0.2, 0.25) is 0 Å². The molecule has 0 bridgehead atoms. The Labute approximate surface area is 202 Å². The minimum absolute atomic E-state index is 0.0371. The Hall–Kier alpha value is -4.04. The molecule has 36 heavy (non-hydrogen) atoms. The smallest absolute Gasteiger partial charge is 0.402 e. The number of hydrogen-bond acceptors (Lipinski definition) is 12. The van der Waals surface area contributed by atoms with Gasteiger partial charge in [0, 0.05) is 31.2 Å². The first kappa shape index (κ1) is 25.1. The maximum absolute atomic E-state index is 11.2. The lowest BCUT2D eigenvalue weighted by atomic mass is 9.99. The Morgan fingerprint density at radius 1 is 0.917 bits per heavy atom. The maximum Gasteiger partial charge on any atom is 0.402 e. The van der Waals surface area contributed by atoms with E-state index >= 15 is 0 Å². The first-order valence-electron chi connectivity index (χ1n) is 10.5. The van der Waals surface area contributed by atoms with E-state index in [-0.39, 0.29) is 33.8 Å². The number of esters is 1. The lowest BCUT2D eigenvalue weighted by Gasteiger charge is -2.39. The molecular formula is C23H23O13+. The van der Waals surface area contributed by atoms with Crippen molar-refractivity contribution < 1.29 is 64.3 Å². The first-order valence-corrected chi connectivity index (χ1v) is 10.5. The van der Waals surface area contributed by atoms with Gasteiger partial charge in [-0.15, -0.1) is 0 Å². The van der Waals surface area contributed by atoms with Gasteiger partial charge in [-0.3, -0.25) is 4.79 Å². The third-order valence-corrected chi connectivity index (χ3v) is 5.51. The molecule has 1 aromatic heterocycles. The summed E-state index contributed by atoms with van der Waals surface area (Å²) in [6.45, 7) is 0.666. The summed E-state index contributed by atoms with van der Waals surface area (Å²) < 4.78 is 21.8. The average Bonchev–Trinajstić information content (AvgIpc) is 2.81. The van der Waals surface area contributed by atoms with Crippen LogP contribution in [0.15, 0.2) is 34.7 Å². The molecule has 3 aromatic rings. The third-order valence-electron chi connectivity index (χ3n) is 5.51. The summed E-state index contributed by atoms with van der Waals surface area (Å²) >= 11 is 0. The van der Waals surface area contributed by atoms with Crippen LogP contribution in [0.4, 0.5) is 0 Å². The van der Waals surface area contributed by atoms with Crippen LogP contribution in [0.25, 0.3) is 22.3 Å². The molecule has 2 heterocycles. The molecule has 13 heteroatoms. The standard InChI is InChI=1S/C23H22O13/c1-8(24)33-7-17-19(30)20(31)21(32)23(36-17)35-16-6-11-12(26)4-10(25)5-15(11)34-22(16)9-2-13(27)18(29)14(28)3-9/h2-6,17,19-21,23,30-32H,7H2,1H3,(H4-,25,26,27,28,29)/p+1/t17-,19-,20+,21-,23-/m1/s1. The lowest BCUT2D eigenvalue weighted by molar-refractivity contribution is -0.278. The summed E-state index contributed by atoms with van der Waals surface area (Å²) in [5.74, 6) is -4.10. The van der Waals surface area contributed by atoms with E-state index in [1.54, 1.807) is 0 Å². The number of aromatic hydroxyl groups is 5. The highest BCUT2D eigenvalue weighted by Gasteiger charge is 2.46. The van der Waals surface area contributed by atoms with Crippen molar-refractivity contribution in [2.45, 2.75) is 37.6 Å². The Kier molecular flexibility index (Phi) is 6.65. The Morgan fingerprint density at radius 3 is 2.22 bits per heavy atom. The van der Waals surface area contributed by atoms with Gasteiger partial charge < -0.3 is 55.1 Å². The number of aliphatic hydroxyl groups excluding tert-OH is 3. The molecule has 5 atom stereocenters. The maximum atomic E-state index is 11.2. The van der Waals surface area contributed by atoms with Gasteiger partial charge >= 0.3 is 17.3 Å². The number of fused-ring (bicyclic) bond motifs is 1. The van der Waals surface area contributed by atoms with Gasteiger partial charge in [-0.25, -0.2) is 4.42 Å². The topological polar surface area (TPSA) is 218 Å². The van der Waals surface area contributed by atoms with Gasteiger partial charge in [0.25, 0.3) is 0 Å². The summed E-state index contributed by atoms with van der Waals surface area (Å²) in [6.07, 6.45) is -8.14. The molecule has 192 valence electrons. The zero-order chi connectivity index (χ0) is 26.3. The monoisotopic (exact) mass is 507 g/mol. The van der Waals surface area contributed by atoms with E-state index in [4.69, 9.17) is 18.6 Å². The zero-order valence-electron chi connectivity index (χ0n) is 18.6. The highest BCUT2D eigenvalue weighted by atomic mass is 16.7. The van der Waals surface area contributed by atoms with Gasteiger partial charge in [-0.1, -0.05) is 0 Å². The molecule has 0 unspecified atom stereocenters. The molecule has 1 saturated heterocycles. The predicted octanol–water partition coefficient (Wildman–Crippen LogP) is 0.658. The largest absolute Gasteiger partial charge is 0.507 e. The van der Waals surface area contributed by atoms with Gasteiger partial charge in [0.1, 0.15) is 47.9 Å². The molecule has 0 amide bonds. The molecule has 8 N–H and O–H groups in total. The number of rotatable bonds is 5. The van der Waals surface area contributed by atoms with Crippen LogP contribution in [0, 0.1) is 0 Å². The molecule has 1 aliphatic heterocycles. The van der Waals surface area contributed by atoms with Crippen LogP contribution in [0.3, 0.4) is 0 Å². The first-order chi connectivity index (χ1) is 17.0. The van der Waals surface area contributed by atoms with Crippen LogP contribution in [0.5, 0.6) is 34.5 Å². The Balaban J connectivity index is 1.80. The van der Waals surface area contributed by atoms with Crippen molar-refractivity contribution >= 4 is 16.9 Å². The van der Waals surface area contributed by atoms with E-state index in [2.05, 4.69) is 0 Å². The summed E-state index contributed by atoms with van der Waals surface area (Å²) in [5.41, 5.74) is -0.0833. The van der Waals surface area contributed by atoms with E-state index in [9.17, 15) is 45.6 Å². The molecule has 4 rings (SSSR count). The van der Waals surface area contributed by atoms with E-state index < -0.39 is 66.3 Å². The molecule has 13 nitrogen and oxygen atoms in total. The summed E-state index contributed by atoms with van der Waals surface area (Å²) in [4.78, 5) is 11.2. The quantitative estimate of drug-likeness (QED) is 0.135. The third kappa shape index (κ3) is 4.72. The van der Waals surface area contributed by atoms with Crippen molar-refractivity contribution in [1.29, 1.82) is 0 Å². The second-order valence-corrected chi connectivity index (χ2v) is 8.11. The Bertz CT molecular complexity index is 1280. The minimum Gasteiger partial charge on any atom is -0.507 e. The molecule has 0 radical (unpaired) electrons. The van der Waals surface area contributed by atoms with Crippen LogP contribution < -0.4 is 4.74 Å². The number of phenols is 5. The second kappa shape index (κ2) is 9.54. The van der Waals surface area contributed by atoms with Gasteiger partial charge in [0.05, 0.1) is 11.6 Å². The van der Waals surface area contributed by atoms with Crippen LogP contribution >= 0.6 is 0 Å². The Morgan fingerprint density at radius 2 is 1.58 bits per heavy atom. The highest BCUT2D eigenvalue weighted by molar-refractivity contribution is 5.88. The van der Waals surface area contributed by atoms with Crippen molar-refractivity contribution in [2.75, 3.05) is 6.61 Å². The highest BCUT2D eigenvalue weighted by Crippen LogP contribution is 2.44. The number of ether oxygens (including phenoxy) is 3. The van der Waals surface area contributed by atoms with Crippen molar-refractivity contribution in [2.24, 2.45) is 0 Å². The lowest BCUT2D eigenvalue weighted by Crippen LogP contribution is -2.60. The number of aliphatic hydroxyl groups is 3. The summed E-state index contributed by atoms with van der Waals surface area (Å²) in [5, 5.41) is 80.7. The fraction of sp³-hybridized carbons (Fsp3) is 0.304. The van der Waals surface area contributed by atoms with Crippen LogP contribution in [0.1, 0.15) is 6.92 Å². The molecule has 1 fully saturated rings. The second-order valence-electron chi connectivity index (χ2n) is 8.11. The fourth-order valence-corrected chi connectivity index (χ4v) is 3.68. The van der Waals surface area contributed by atoms with Gasteiger partial charge in [0.2, 0.25) is 12.0 Å².